The summed E-state index contributed by atoms with van der Waals surface area (Å²) in [7, 11) is 0. The van der Waals surface area contributed by atoms with Crippen LogP contribution in [0, 0.1) is 17.0 Å². The smallest absolute Gasteiger partial charge is 0.258 e. The van der Waals surface area contributed by atoms with Crippen molar-refractivity contribution in [1.82, 2.24) is 4.98 Å². The lowest BCUT2D eigenvalue weighted by molar-refractivity contribution is -0.385. The van der Waals surface area contributed by atoms with E-state index in [2.05, 4.69) is 4.98 Å². The molecule has 1 aromatic rings. The van der Waals surface area contributed by atoms with Crippen LogP contribution in [0.25, 0.3) is 0 Å². The predicted octanol–water partition coefficient (Wildman–Crippen LogP) is 1.86. The van der Waals surface area contributed by atoms with Crippen molar-refractivity contribution in [2.75, 3.05) is 0 Å². The summed E-state index contributed by atoms with van der Waals surface area (Å²) in [5.41, 5.74) is 1.67. The fourth-order valence-corrected chi connectivity index (χ4v) is 1.06. The molecule has 0 bridgehead atoms. The van der Waals surface area contributed by atoms with Gasteiger partial charge >= 0.3 is 0 Å². The molecule has 0 fully saturated rings. The molecule has 1 heterocycles. The van der Waals surface area contributed by atoms with Crippen LogP contribution in [0.15, 0.2) is 12.3 Å². The van der Waals surface area contributed by atoms with Crippen molar-refractivity contribution in [3.63, 3.8) is 0 Å². The number of hydrogen-bond acceptors (Lipinski definition) is 3. The van der Waals surface area contributed by atoms with Crippen LogP contribution in [-0.4, -0.2) is 9.91 Å². The maximum atomic E-state index is 10.5. The highest BCUT2D eigenvalue weighted by molar-refractivity contribution is 5.38. The third-order valence-electron chi connectivity index (χ3n) is 1.68. The second-order valence-electron chi connectivity index (χ2n) is 2.57. The second-order valence-corrected chi connectivity index (χ2v) is 2.57. The van der Waals surface area contributed by atoms with Gasteiger partial charge in [-0.25, -0.2) is 0 Å². The van der Waals surface area contributed by atoms with Crippen molar-refractivity contribution in [2.45, 2.75) is 20.3 Å². The average molecular weight is 166 g/mol. The first-order valence-electron chi connectivity index (χ1n) is 3.75. The van der Waals surface area contributed by atoms with E-state index in [-0.39, 0.29) is 5.69 Å². The number of nitrogens with zero attached hydrogens (tertiary/aromatic N) is 2. The zero-order valence-electron chi connectivity index (χ0n) is 7.07. The van der Waals surface area contributed by atoms with Crippen LogP contribution in [0.5, 0.6) is 0 Å². The number of aromatic nitrogens is 1. The van der Waals surface area contributed by atoms with Crippen LogP contribution < -0.4 is 0 Å². The highest BCUT2D eigenvalue weighted by Gasteiger charge is 2.11. The SMILES string of the molecule is CCc1cc(C)ncc1[N+](=O)[O-]. The second kappa shape index (κ2) is 3.30. The Morgan fingerprint density at radius 2 is 2.33 bits per heavy atom. The van der Waals surface area contributed by atoms with Gasteiger partial charge in [-0.05, 0) is 19.4 Å². The summed E-state index contributed by atoms with van der Waals surface area (Å²) in [6, 6.07) is 1.75. The zero-order chi connectivity index (χ0) is 9.14. The Morgan fingerprint density at radius 3 is 2.83 bits per heavy atom. The lowest BCUT2D eigenvalue weighted by Crippen LogP contribution is -1.96. The van der Waals surface area contributed by atoms with E-state index in [1.165, 1.54) is 6.20 Å². The first kappa shape index (κ1) is 8.64. The van der Waals surface area contributed by atoms with E-state index >= 15 is 0 Å². The maximum Gasteiger partial charge on any atom is 0.290 e. The van der Waals surface area contributed by atoms with Gasteiger partial charge in [0.2, 0.25) is 0 Å². The van der Waals surface area contributed by atoms with Crippen LogP contribution in [0.4, 0.5) is 5.69 Å². The molecule has 0 aliphatic heterocycles. The number of aryl methyl sites for hydroxylation is 2. The van der Waals surface area contributed by atoms with Gasteiger partial charge < -0.3 is 0 Å². The Hall–Kier alpha value is -1.45. The summed E-state index contributed by atoms with van der Waals surface area (Å²) in [5, 5.41) is 10.5. The Balaban J connectivity index is 3.20. The molecule has 0 N–H and O–H groups in total. The summed E-state index contributed by atoms with van der Waals surface area (Å²) in [6.07, 6.45) is 1.98. The lowest BCUT2D eigenvalue weighted by atomic mass is 10.1. The number of pyridine rings is 1. The topological polar surface area (TPSA) is 56.0 Å². The highest BCUT2D eigenvalue weighted by atomic mass is 16.6. The van der Waals surface area contributed by atoms with E-state index in [1.54, 1.807) is 6.07 Å². The van der Waals surface area contributed by atoms with Crippen LogP contribution in [0.2, 0.25) is 0 Å². The van der Waals surface area contributed by atoms with Crippen LogP contribution >= 0.6 is 0 Å². The number of hydrogen-bond donors (Lipinski definition) is 0. The molecule has 1 rings (SSSR count). The van der Waals surface area contributed by atoms with Crippen molar-refractivity contribution in [1.29, 1.82) is 0 Å². The van der Waals surface area contributed by atoms with E-state index in [1.807, 2.05) is 13.8 Å². The third-order valence-corrected chi connectivity index (χ3v) is 1.68. The Bertz CT molecular complexity index is 310. The quantitative estimate of drug-likeness (QED) is 0.497. The van der Waals surface area contributed by atoms with E-state index in [4.69, 9.17) is 0 Å². The molecule has 4 nitrogen and oxygen atoms in total. The van der Waals surface area contributed by atoms with Gasteiger partial charge in [0.15, 0.2) is 0 Å². The molecule has 0 unspecified atom stereocenters. The monoisotopic (exact) mass is 166 g/mol. The minimum absolute atomic E-state index is 0.114. The van der Waals surface area contributed by atoms with Gasteiger partial charge in [-0.1, -0.05) is 6.92 Å². The van der Waals surface area contributed by atoms with E-state index in [9.17, 15) is 10.1 Å². The van der Waals surface area contributed by atoms with Crippen molar-refractivity contribution in [3.8, 4) is 0 Å². The standard InChI is InChI=1S/C8H10N2O2/c1-3-7-4-6(2)9-5-8(7)10(11)12/h4-5H,3H2,1-2H3. The minimum Gasteiger partial charge on any atom is -0.258 e. The molecule has 4 heteroatoms. The fraction of sp³-hybridized carbons (Fsp3) is 0.375. The van der Waals surface area contributed by atoms with Crippen molar-refractivity contribution in [2.24, 2.45) is 0 Å². The normalized spacial score (nSPS) is 9.83. The zero-order valence-corrected chi connectivity index (χ0v) is 7.07. The van der Waals surface area contributed by atoms with Crippen molar-refractivity contribution in [3.05, 3.63) is 33.6 Å². The molecule has 64 valence electrons. The molecule has 0 atom stereocenters. The van der Waals surface area contributed by atoms with Crippen LogP contribution in [-0.2, 0) is 6.42 Å². The first-order chi connectivity index (χ1) is 5.65. The Labute approximate surface area is 70.4 Å². The molecule has 0 saturated heterocycles. The van der Waals surface area contributed by atoms with Gasteiger partial charge in [0, 0.05) is 11.3 Å². The highest BCUT2D eigenvalue weighted by Crippen LogP contribution is 2.17. The van der Waals surface area contributed by atoms with E-state index in [0.29, 0.717) is 6.42 Å². The largest absolute Gasteiger partial charge is 0.290 e. The van der Waals surface area contributed by atoms with Crippen LogP contribution in [0.1, 0.15) is 18.2 Å². The Kier molecular flexibility index (Phi) is 2.38. The molecule has 1 aromatic heterocycles. The summed E-state index contributed by atoms with van der Waals surface area (Å²) in [5.74, 6) is 0. The summed E-state index contributed by atoms with van der Waals surface area (Å²) in [4.78, 5) is 13.9. The van der Waals surface area contributed by atoms with Gasteiger partial charge in [0.05, 0.1) is 4.92 Å². The summed E-state index contributed by atoms with van der Waals surface area (Å²) < 4.78 is 0. The number of nitro groups is 1. The lowest BCUT2D eigenvalue weighted by Gasteiger charge is -1.99. The molecule has 0 aromatic carbocycles. The number of rotatable bonds is 2. The van der Waals surface area contributed by atoms with Crippen molar-refractivity contribution >= 4 is 5.69 Å². The Morgan fingerprint density at radius 1 is 1.67 bits per heavy atom. The maximum absolute atomic E-state index is 10.5. The predicted molar refractivity (Wildman–Crippen MR) is 45.0 cm³/mol. The molecular weight excluding hydrogens is 156 g/mol. The summed E-state index contributed by atoms with van der Waals surface area (Å²) in [6.45, 7) is 3.71. The van der Waals surface area contributed by atoms with E-state index < -0.39 is 4.92 Å². The minimum atomic E-state index is -0.398. The van der Waals surface area contributed by atoms with Gasteiger partial charge in [-0.2, -0.15) is 0 Å². The average Bonchev–Trinajstić information content (AvgIpc) is 2.03. The molecular formula is C8H10N2O2. The molecule has 0 aliphatic rings. The molecule has 0 spiro atoms. The molecule has 0 aliphatic carbocycles. The van der Waals surface area contributed by atoms with Gasteiger partial charge in [0.25, 0.3) is 5.69 Å². The fourth-order valence-electron chi connectivity index (χ4n) is 1.06. The van der Waals surface area contributed by atoms with Gasteiger partial charge in [0.1, 0.15) is 6.20 Å². The van der Waals surface area contributed by atoms with Gasteiger partial charge in [-0.3, -0.25) is 15.1 Å². The van der Waals surface area contributed by atoms with Crippen LogP contribution in [0.3, 0.4) is 0 Å². The molecule has 0 saturated carbocycles. The first-order valence-corrected chi connectivity index (χ1v) is 3.75. The molecule has 0 radical (unpaired) electrons. The summed E-state index contributed by atoms with van der Waals surface area (Å²) >= 11 is 0. The molecule has 12 heavy (non-hydrogen) atoms. The molecule has 0 amide bonds. The third kappa shape index (κ3) is 1.58. The van der Waals surface area contributed by atoms with Crippen molar-refractivity contribution < 1.29 is 4.92 Å². The van der Waals surface area contributed by atoms with Gasteiger partial charge in [-0.15, -0.1) is 0 Å². The van der Waals surface area contributed by atoms with E-state index in [0.717, 1.165) is 11.3 Å².